The van der Waals surface area contributed by atoms with Gasteiger partial charge in [0.15, 0.2) is 0 Å². The molecule has 0 radical (unpaired) electrons. The van der Waals surface area contributed by atoms with Crippen LogP contribution in [0.25, 0.3) is 10.7 Å². The zero-order chi connectivity index (χ0) is 19.4. The van der Waals surface area contributed by atoms with Crippen molar-refractivity contribution in [2.24, 2.45) is 0 Å². The van der Waals surface area contributed by atoms with Crippen molar-refractivity contribution in [1.82, 2.24) is 14.4 Å². The van der Waals surface area contributed by atoms with Gasteiger partial charge in [0.1, 0.15) is 10.6 Å². The molecule has 0 aliphatic heterocycles. The van der Waals surface area contributed by atoms with E-state index in [1.165, 1.54) is 34.9 Å². The maximum absolute atomic E-state index is 13.2. The molecule has 0 N–H and O–H groups in total. The van der Waals surface area contributed by atoms with Crippen LogP contribution in [0, 0.1) is 0 Å². The van der Waals surface area contributed by atoms with Crippen molar-refractivity contribution in [2.75, 3.05) is 13.7 Å². The first kappa shape index (κ1) is 19.8. The van der Waals surface area contributed by atoms with Crippen LogP contribution in [0.15, 0.2) is 45.1 Å². The Morgan fingerprint density at radius 3 is 2.81 bits per heavy atom. The predicted molar refractivity (Wildman–Crippen MR) is 104 cm³/mol. The molecule has 1 aromatic carbocycles. The molecule has 0 aliphatic carbocycles. The summed E-state index contributed by atoms with van der Waals surface area (Å²) in [5, 5.41) is 6.15. The normalized spacial score (nSPS) is 11.9. The largest absolute Gasteiger partial charge is 0.495 e. The lowest BCUT2D eigenvalue weighted by molar-refractivity contribution is 0.314. The summed E-state index contributed by atoms with van der Waals surface area (Å²) in [6.45, 7) is 2.14. The standard InChI is InChI=1S/C17H18ClN3O4S2/c1-3-8-21(11-16-19-17(20-25-16)14-5-4-9-26-14)27(22,23)15-10-12(18)6-7-13(15)24-2/h4-7,9-10H,3,8,11H2,1-2H3. The number of aromatic nitrogens is 2. The first-order valence-electron chi connectivity index (χ1n) is 8.16. The van der Waals surface area contributed by atoms with Crippen LogP contribution >= 0.6 is 22.9 Å². The van der Waals surface area contributed by atoms with Crippen molar-refractivity contribution < 1.29 is 17.7 Å². The monoisotopic (exact) mass is 427 g/mol. The molecule has 3 aromatic rings. The van der Waals surface area contributed by atoms with Gasteiger partial charge < -0.3 is 9.26 Å². The SMILES string of the molecule is CCCN(Cc1nc(-c2cccs2)no1)S(=O)(=O)c1cc(Cl)ccc1OC. The Kier molecular flexibility index (Phi) is 6.15. The first-order chi connectivity index (χ1) is 13.0. The maximum Gasteiger partial charge on any atom is 0.247 e. The van der Waals surface area contributed by atoms with Crippen LogP contribution in [0.4, 0.5) is 0 Å². The molecule has 0 aliphatic rings. The average Bonchev–Trinajstić information content (AvgIpc) is 3.33. The number of benzene rings is 1. The van der Waals surface area contributed by atoms with Gasteiger partial charge in [-0.1, -0.05) is 29.7 Å². The molecule has 0 saturated heterocycles. The Hall–Kier alpha value is -1.94. The molecule has 0 fully saturated rings. The molecule has 144 valence electrons. The lowest BCUT2D eigenvalue weighted by Crippen LogP contribution is -2.31. The summed E-state index contributed by atoms with van der Waals surface area (Å²) >= 11 is 7.48. The molecule has 2 aromatic heterocycles. The Labute approximate surface area is 166 Å². The van der Waals surface area contributed by atoms with Crippen molar-refractivity contribution in [2.45, 2.75) is 24.8 Å². The van der Waals surface area contributed by atoms with E-state index in [0.717, 1.165) is 4.88 Å². The number of sulfonamides is 1. The zero-order valence-electron chi connectivity index (χ0n) is 14.8. The fourth-order valence-corrected chi connectivity index (χ4v) is 5.05. The summed E-state index contributed by atoms with van der Waals surface area (Å²) in [6, 6.07) is 8.24. The van der Waals surface area contributed by atoms with Gasteiger partial charge in [-0.05, 0) is 36.1 Å². The van der Waals surface area contributed by atoms with E-state index in [1.54, 1.807) is 6.07 Å². The summed E-state index contributed by atoms with van der Waals surface area (Å²) in [5.74, 6) is 0.885. The van der Waals surface area contributed by atoms with Gasteiger partial charge in [-0.3, -0.25) is 0 Å². The molecule has 0 spiro atoms. The highest BCUT2D eigenvalue weighted by Gasteiger charge is 2.29. The quantitative estimate of drug-likeness (QED) is 0.538. The minimum atomic E-state index is -3.87. The molecule has 3 rings (SSSR count). The smallest absolute Gasteiger partial charge is 0.247 e. The van der Waals surface area contributed by atoms with Crippen molar-refractivity contribution >= 4 is 33.0 Å². The molecular formula is C17H18ClN3O4S2. The summed E-state index contributed by atoms with van der Waals surface area (Å²) in [5.41, 5.74) is 0. The molecule has 0 saturated carbocycles. The number of methoxy groups -OCH3 is 1. The average molecular weight is 428 g/mol. The van der Waals surface area contributed by atoms with E-state index in [9.17, 15) is 8.42 Å². The van der Waals surface area contributed by atoms with Crippen LogP contribution in [0.3, 0.4) is 0 Å². The van der Waals surface area contributed by atoms with Crippen molar-refractivity contribution in [3.63, 3.8) is 0 Å². The maximum atomic E-state index is 13.2. The van der Waals surface area contributed by atoms with Gasteiger partial charge in [-0.15, -0.1) is 11.3 Å². The van der Waals surface area contributed by atoms with Gasteiger partial charge in [-0.2, -0.15) is 9.29 Å². The fraction of sp³-hybridized carbons (Fsp3) is 0.294. The molecular weight excluding hydrogens is 410 g/mol. The third-order valence-corrected chi connectivity index (χ3v) is 6.71. The van der Waals surface area contributed by atoms with E-state index >= 15 is 0 Å². The Balaban J connectivity index is 1.92. The number of rotatable bonds is 8. The van der Waals surface area contributed by atoms with Gasteiger partial charge in [0.2, 0.25) is 21.7 Å². The topological polar surface area (TPSA) is 85.5 Å². The number of hydrogen-bond donors (Lipinski definition) is 0. The summed E-state index contributed by atoms with van der Waals surface area (Å²) in [7, 11) is -2.46. The number of ether oxygens (including phenoxy) is 1. The second-order valence-corrected chi connectivity index (χ2v) is 8.91. The number of nitrogens with zero attached hydrogens (tertiary/aromatic N) is 3. The Bertz CT molecular complexity index is 1000. The highest BCUT2D eigenvalue weighted by Crippen LogP contribution is 2.30. The minimum absolute atomic E-state index is 0.00365. The second-order valence-electron chi connectivity index (χ2n) is 5.62. The molecule has 2 heterocycles. The number of thiophene rings is 1. The van der Waals surface area contributed by atoms with Crippen LogP contribution in [-0.4, -0.2) is 36.5 Å². The van der Waals surface area contributed by atoms with E-state index in [-0.39, 0.29) is 29.6 Å². The van der Waals surface area contributed by atoms with Crippen molar-refractivity contribution in [3.8, 4) is 16.5 Å². The van der Waals surface area contributed by atoms with E-state index in [1.807, 2.05) is 24.4 Å². The zero-order valence-corrected chi connectivity index (χ0v) is 17.1. The number of halogens is 1. The number of hydrogen-bond acceptors (Lipinski definition) is 7. The van der Waals surface area contributed by atoms with Crippen LogP contribution in [-0.2, 0) is 16.6 Å². The van der Waals surface area contributed by atoms with Crippen LogP contribution in [0.1, 0.15) is 19.2 Å². The molecule has 0 amide bonds. The van der Waals surface area contributed by atoms with E-state index in [0.29, 0.717) is 17.3 Å². The summed E-state index contributed by atoms with van der Waals surface area (Å²) in [4.78, 5) is 5.17. The Morgan fingerprint density at radius 2 is 2.15 bits per heavy atom. The van der Waals surface area contributed by atoms with E-state index < -0.39 is 10.0 Å². The van der Waals surface area contributed by atoms with Crippen LogP contribution < -0.4 is 4.74 Å². The van der Waals surface area contributed by atoms with Crippen molar-refractivity contribution in [3.05, 3.63) is 46.6 Å². The van der Waals surface area contributed by atoms with Gasteiger partial charge >= 0.3 is 0 Å². The van der Waals surface area contributed by atoms with Crippen molar-refractivity contribution in [1.29, 1.82) is 0 Å². The third-order valence-electron chi connectivity index (χ3n) is 3.74. The predicted octanol–water partition coefficient (Wildman–Crippen LogP) is 4.06. The molecule has 0 atom stereocenters. The first-order valence-corrected chi connectivity index (χ1v) is 10.9. The molecule has 0 bridgehead atoms. The van der Waals surface area contributed by atoms with Gasteiger partial charge in [-0.25, -0.2) is 8.42 Å². The van der Waals surface area contributed by atoms with E-state index in [2.05, 4.69) is 10.1 Å². The third kappa shape index (κ3) is 4.32. The molecule has 27 heavy (non-hydrogen) atoms. The Morgan fingerprint density at radius 1 is 1.33 bits per heavy atom. The van der Waals surface area contributed by atoms with Gasteiger partial charge in [0.05, 0.1) is 18.5 Å². The van der Waals surface area contributed by atoms with Gasteiger partial charge in [0, 0.05) is 11.6 Å². The highest BCUT2D eigenvalue weighted by molar-refractivity contribution is 7.89. The fourth-order valence-electron chi connectivity index (χ4n) is 2.50. The lowest BCUT2D eigenvalue weighted by atomic mass is 10.3. The summed E-state index contributed by atoms with van der Waals surface area (Å²) in [6.07, 6.45) is 0.619. The molecule has 7 nitrogen and oxygen atoms in total. The van der Waals surface area contributed by atoms with Gasteiger partial charge in [0.25, 0.3) is 0 Å². The highest BCUT2D eigenvalue weighted by atomic mass is 35.5. The second kappa shape index (κ2) is 8.39. The van der Waals surface area contributed by atoms with E-state index in [4.69, 9.17) is 20.9 Å². The molecule has 10 heteroatoms. The van der Waals surface area contributed by atoms with Crippen LogP contribution in [0.2, 0.25) is 5.02 Å². The van der Waals surface area contributed by atoms with Crippen LogP contribution in [0.5, 0.6) is 5.75 Å². The summed E-state index contributed by atoms with van der Waals surface area (Å²) < 4.78 is 38.1. The lowest BCUT2D eigenvalue weighted by Gasteiger charge is -2.21. The molecule has 0 unspecified atom stereocenters. The minimum Gasteiger partial charge on any atom is -0.495 e.